The molecule has 0 saturated carbocycles. The van der Waals surface area contributed by atoms with Crippen LogP contribution >= 0.6 is 0 Å². The van der Waals surface area contributed by atoms with Crippen molar-refractivity contribution in [2.75, 3.05) is 13.2 Å². The normalized spacial score (nSPS) is 10.4. The van der Waals surface area contributed by atoms with Crippen LogP contribution in [0.15, 0.2) is 18.2 Å². The highest BCUT2D eigenvalue weighted by atomic mass is 16.6. The average Bonchev–Trinajstić information content (AvgIpc) is 2.40. The van der Waals surface area contributed by atoms with Crippen LogP contribution in [0.1, 0.15) is 30.5 Å². The predicted molar refractivity (Wildman–Crippen MR) is 76.4 cm³/mol. The van der Waals surface area contributed by atoms with E-state index in [-0.39, 0.29) is 13.2 Å². The van der Waals surface area contributed by atoms with Gasteiger partial charge in [-0.2, -0.15) is 0 Å². The lowest BCUT2D eigenvalue weighted by atomic mass is 9.95. The molecule has 1 rings (SSSR count). The number of ether oxygens (including phenoxy) is 2. The second-order valence-corrected chi connectivity index (χ2v) is 4.69. The summed E-state index contributed by atoms with van der Waals surface area (Å²) in [7, 11) is 0. The van der Waals surface area contributed by atoms with Crippen molar-refractivity contribution in [1.82, 2.24) is 0 Å². The molecule has 0 aliphatic carbocycles. The molecule has 1 aromatic carbocycles. The monoisotopic (exact) mass is 278 g/mol. The Kier molecular flexibility index (Phi) is 6.22. The molecule has 0 aromatic heterocycles. The molecular weight excluding hydrogens is 256 g/mol. The maximum Gasteiger partial charge on any atom is 0.320 e. The van der Waals surface area contributed by atoms with Gasteiger partial charge in [0.1, 0.15) is 0 Å². The molecule has 0 aliphatic heterocycles. The van der Waals surface area contributed by atoms with E-state index < -0.39 is 17.9 Å². The molecule has 0 bridgehead atoms. The Morgan fingerprint density at radius 3 is 2.10 bits per heavy atom. The van der Waals surface area contributed by atoms with Gasteiger partial charge in [0.25, 0.3) is 0 Å². The summed E-state index contributed by atoms with van der Waals surface area (Å²) in [4.78, 5) is 23.9. The van der Waals surface area contributed by atoms with Gasteiger partial charge in [-0.3, -0.25) is 9.59 Å². The van der Waals surface area contributed by atoms with Crippen molar-refractivity contribution >= 4 is 11.9 Å². The molecule has 4 nitrogen and oxygen atoms in total. The number of benzene rings is 1. The molecule has 0 N–H and O–H groups in total. The van der Waals surface area contributed by atoms with Gasteiger partial charge in [-0.15, -0.1) is 0 Å². The minimum absolute atomic E-state index is 0.252. The van der Waals surface area contributed by atoms with E-state index in [0.717, 1.165) is 16.7 Å². The number of esters is 2. The second kappa shape index (κ2) is 7.68. The lowest BCUT2D eigenvalue weighted by Crippen LogP contribution is -2.30. The van der Waals surface area contributed by atoms with Crippen LogP contribution in [0, 0.1) is 19.8 Å². The van der Waals surface area contributed by atoms with Crippen molar-refractivity contribution in [1.29, 1.82) is 0 Å². The third-order valence-corrected chi connectivity index (χ3v) is 3.07. The van der Waals surface area contributed by atoms with Crippen molar-refractivity contribution in [2.24, 2.45) is 5.92 Å². The van der Waals surface area contributed by atoms with Crippen molar-refractivity contribution in [3.63, 3.8) is 0 Å². The molecule has 0 fully saturated rings. The van der Waals surface area contributed by atoms with Crippen LogP contribution in [0.25, 0.3) is 0 Å². The molecule has 0 saturated heterocycles. The smallest absolute Gasteiger partial charge is 0.320 e. The minimum Gasteiger partial charge on any atom is -0.465 e. The molecule has 0 unspecified atom stereocenters. The number of carbonyl (C=O) groups excluding carboxylic acids is 2. The van der Waals surface area contributed by atoms with E-state index in [4.69, 9.17) is 9.47 Å². The lowest BCUT2D eigenvalue weighted by molar-refractivity contribution is -0.161. The first-order valence-electron chi connectivity index (χ1n) is 6.89. The molecule has 0 atom stereocenters. The molecule has 0 amide bonds. The maximum absolute atomic E-state index is 11.9. The van der Waals surface area contributed by atoms with Crippen LogP contribution in [0.5, 0.6) is 0 Å². The van der Waals surface area contributed by atoms with Crippen molar-refractivity contribution in [2.45, 2.75) is 34.1 Å². The Hall–Kier alpha value is -1.84. The standard InChI is InChI=1S/C16H22O4/c1-5-19-15(17)14(16(18)20-6-2)10-13-9-11(3)7-8-12(13)4/h7-9,14H,5-6,10H2,1-4H3. The second-order valence-electron chi connectivity index (χ2n) is 4.69. The summed E-state index contributed by atoms with van der Waals surface area (Å²) in [6.45, 7) is 7.88. The number of aryl methyl sites for hydroxylation is 2. The molecular formula is C16H22O4. The average molecular weight is 278 g/mol. The molecule has 1 aromatic rings. The van der Waals surface area contributed by atoms with E-state index in [2.05, 4.69) is 0 Å². The van der Waals surface area contributed by atoms with E-state index in [0.29, 0.717) is 6.42 Å². The summed E-state index contributed by atoms with van der Waals surface area (Å²) in [6, 6.07) is 5.97. The van der Waals surface area contributed by atoms with Gasteiger partial charge in [-0.1, -0.05) is 23.8 Å². The Morgan fingerprint density at radius 2 is 1.60 bits per heavy atom. The van der Waals surface area contributed by atoms with Gasteiger partial charge in [0.15, 0.2) is 5.92 Å². The van der Waals surface area contributed by atoms with E-state index in [1.807, 2.05) is 32.0 Å². The zero-order valence-electron chi connectivity index (χ0n) is 12.6. The SMILES string of the molecule is CCOC(=O)C(Cc1cc(C)ccc1C)C(=O)OCC. The lowest BCUT2D eigenvalue weighted by Gasteiger charge is -2.16. The van der Waals surface area contributed by atoms with Gasteiger partial charge in [0.2, 0.25) is 0 Å². The maximum atomic E-state index is 11.9. The first kappa shape index (κ1) is 16.2. The van der Waals surface area contributed by atoms with Crippen molar-refractivity contribution < 1.29 is 19.1 Å². The van der Waals surface area contributed by atoms with E-state index in [9.17, 15) is 9.59 Å². The summed E-state index contributed by atoms with van der Waals surface area (Å²) in [5.74, 6) is -1.94. The molecule has 0 radical (unpaired) electrons. The quantitative estimate of drug-likeness (QED) is 0.593. The highest BCUT2D eigenvalue weighted by Gasteiger charge is 2.30. The van der Waals surface area contributed by atoms with Crippen LogP contribution < -0.4 is 0 Å². The van der Waals surface area contributed by atoms with Gasteiger partial charge in [-0.05, 0) is 45.2 Å². The fourth-order valence-corrected chi connectivity index (χ4v) is 1.99. The molecule has 20 heavy (non-hydrogen) atoms. The summed E-state index contributed by atoms with van der Waals surface area (Å²) >= 11 is 0. The van der Waals surface area contributed by atoms with Gasteiger partial charge >= 0.3 is 11.9 Å². The van der Waals surface area contributed by atoms with Crippen LogP contribution in [-0.4, -0.2) is 25.2 Å². The van der Waals surface area contributed by atoms with Crippen LogP contribution in [0.4, 0.5) is 0 Å². The van der Waals surface area contributed by atoms with E-state index in [1.54, 1.807) is 13.8 Å². The Bertz CT molecular complexity index is 461. The number of rotatable bonds is 6. The topological polar surface area (TPSA) is 52.6 Å². The number of hydrogen-bond acceptors (Lipinski definition) is 4. The zero-order chi connectivity index (χ0) is 15.1. The summed E-state index contributed by atoms with van der Waals surface area (Å²) in [5.41, 5.74) is 3.11. The Balaban J connectivity index is 2.96. The summed E-state index contributed by atoms with van der Waals surface area (Å²) in [6.07, 6.45) is 0.311. The largest absolute Gasteiger partial charge is 0.465 e. The first-order valence-corrected chi connectivity index (χ1v) is 6.89. The molecule has 4 heteroatoms. The van der Waals surface area contributed by atoms with Gasteiger partial charge in [0, 0.05) is 0 Å². The van der Waals surface area contributed by atoms with E-state index in [1.165, 1.54) is 0 Å². The van der Waals surface area contributed by atoms with Crippen molar-refractivity contribution in [3.05, 3.63) is 34.9 Å². The van der Waals surface area contributed by atoms with E-state index >= 15 is 0 Å². The third kappa shape index (κ3) is 4.37. The molecule has 0 aliphatic rings. The fourth-order valence-electron chi connectivity index (χ4n) is 1.99. The summed E-state index contributed by atoms with van der Waals surface area (Å²) < 4.78 is 9.95. The van der Waals surface area contributed by atoms with Gasteiger partial charge < -0.3 is 9.47 Å². The highest BCUT2D eigenvalue weighted by Crippen LogP contribution is 2.18. The predicted octanol–water partition coefficient (Wildman–Crippen LogP) is 2.59. The van der Waals surface area contributed by atoms with Crippen LogP contribution in [0.3, 0.4) is 0 Å². The van der Waals surface area contributed by atoms with Crippen molar-refractivity contribution in [3.8, 4) is 0 Å². The number of carbonyl (C=O) groups is 2. The fraction of sp³-hybridized carbons (Fsp3) is 0.500. The molecule has 110 valence electrons. The van der Waals surface area contributed by atoms with Crippen LogP contribution in [0.2, 0.25) is 0 Å². The Labute approximate surface area is 120 Å². The van der Waals surface area contributed by atoms with Gasteiger partial charge in [0.05, 0.1) is 13.2 Å². The third-order valence-electron chi connectivity index (χ3n) is 3.07. The minimum atomic E-state index is -0.893. The molecule has 0 heterocycles. The van der Waals surface area contributed by atoms with Gasteiger partial charge in [-0.25, -0.2) is 0 Å². The summed E-state index contributed by atoms with van der Waals surface area (Å²) in [5, 5.41) is 0. The zero-order valence-corrected chi connectivity index (χ0v) is 12.6. The number of hydrogen-bond donors (Lipinski definition) is 0. The van der Waals surface area contributed by atoms with Crippen LogP contribution in [-0.2, 0) is 25.5 Å². The highest BCUT2D eigenvalue weighted by molar-refractivity contribution is 5.95. The molecule has 0 spiro atoms. The Morgan fingerprint density at radius 1 is 1.05 bits per heavy atom. The first-order chi connectivity index (χ1) is 9.49.